The van der Waals surface area contributed by atoms with Gasteiger partial charge in [-0.15, -0.1) is 11.3 Å². The van der Waals surface area contributed by atoms with Crippen LogP contribution in [0.3, 0.4) is 0 Å². The molecule has 0 atom stereocenters. The van der Waals surface area contributed by atoms with Crippen molar-refractivity contribution in [2.75, 3.05) is 4.90 Å². The molecule has 0 aliphatic heterocycles. The molecule has 2 nitrogen and oxygen atoms in total. The number of benzene rings is 10. The smallest absolute Gasteiger partial charge is 0.0555 e. The van der Waals surface area contributed by atoms with Crippen LogP contribution in [0.15, 0.2) is 218 Å². The van der Waals surface area contributed by atoms with Crippen molar-refractivity contribution in [3.05, 3.63) is 230 Å². The number of para-hydroxylation sites is 4. The molecular formula is C66H54N2S. The lowest BCUT2D eigenvalue weighted by molar-refractivity contribution is 0.569. The predicted octanol–water partition coefficient (Wildman–Crippen LogP) is 19.4. The summed E-state index contributed by atoms with van der Waals surface area (Å²) < 4.78 is 4.97. The van der Waals surface area contributed by atoms with E-state index in [1.165, 1.54) is 86.1 Å². The molecule has 0 bridgehead atoms. The molecule has 10 aromatic carbocycles. The first-order chi connectivity index (χ1) is 33.5. The summed E-state index contributed by atoms with van der Waals surface area (Å²) in [5, 5.41) is 7.49. The van der Waals surface area contributed by atoms with Crippen LogP contribution in [0.5, 0.6) is 0 Å². The van der Waals surface area contributed by atoms with E-state index in [0.717, 1.165) is 33.9 Å². The van der Waals surface area contributed by atoms with Gasteiger partial charge in [-0.1, -0.05) is 205 Å². The van der Waals surface area contributed by atoms with Gasteiger partial charge in [-0.05, 0) is 110 Å². The highest BCUT2D eigenvalue weighted by atomic mass is 32.1. The maximum atomic E-state index is 2.56. The Labute approximate surface area is 409 Å². The Morgan fingerprint density at radius 1 is 0.362 bits per heavy atom. The molecule has 0 N–H and O–H groups in total. The highest BCUT2D eigenvalue weighted by Gasteiger charge is 2.26. The monoisotopic (exact) mass is 906 g/mol. The fraction of sp³-hybridized carbons (Fsp3) is 0.121. The molecule has 2 aromatic heterocycles. The largest absolute Gasteiger partial charge is 0.309 e. The lowest BCUT2D eigenvalue weighted by Gasteiger charge is -2.31. The summed E-state index contributed by atoms with van der Waals surface area (Å²) in [6.07, 6.45) is 0. The van der Waals surface area contributed by atoms with Crippen LogP contribution in [0.25, 0.3) is 91.8 Å². The zero-order valence-electron chi connectivity index (χ0n) is 40.1. The van der Waals surface area contributed by atoms with Crippen LogP contribution in [0.1, 0.15) is 52.7 Å². The summed E-state index contributed by atoms with van der Waals surface area (Å²) in [5.41, 5.74) is 16.8. The average Bonchev–Trinajstić information content (AvgIpc) is 3.92. The Morgan fingerprint density at radius 3 is 1.65 bits per heavy atom. The first-order valence-corrected chi connectivity index (χ1v) is 25.0. The summed E-state index contributed by atoms with van der Waals surface area (Å²) in [6.45, 7) is 14.0. The van der Waals surface area contributed by atoms with E-state index in [0.29, 0.717) is 0 Å². The van der Waals surface area contributed by atoms with E-state index in [2.05, 4.69) is 269 Å². The summed E-state index contributed by atoms with van der Waals surface area (Å²) >= 11 is 1.87. The van der Waals surface area contributed by atoms with Gasteiger partial charge in [0.1, 0.15) is 0 Å². The van der Waals surface area contributed by atoms with Gasteiger partial charge in [-0.25, -0.2) is 0 Å². The second-order valence-electron chi connectivity index (χ2n) is 20.5. The summed E-state index contributed by atoms with van der Waals surface area (Å²) in [5.74, 6) is 0. The van der Waals surface area contributed by atoms with E-state index < -0.39 is 0 Å². The number of nitrogens with zero attached hydrogens (tertiary/aromatic N) is 2. The standard InChI is InChI=1S/C66H54N2S/c1-65(2,3)46-39-45(40-47(42-46)66(4,5)6)50-29-18-21-43-22-19-30-54(63(43)50)52-27-12-16-33-58(52)68(59-34-20-36-62-64(59)55-28-13-17-35-61(55)69-62)56-31-14-10-25-49(56)44-37-38-53-51-26-11-15-32-57(51)67(60(53)41-44)48-23-8-7-9-24-48/h7-42H,1-6H3. The van der Waals surface area contributed by atoms with Crippen LogP contribution in [0, 0.1) is 0 Å². The third kappa shape index (κ3) is 7.32. The van der Waals surface area contributed by atoms with Gasteiger partial charge in [0.15, 0.2) is 0 Å². The third-order valence-electron chi connectivity index (χ3n) is 14.1. The van der Waals surface area contributed by atoms with Crippen molar-refractivity contribution in [1.82, 2.24) is 4.57 Å². The Kier molecular flexibility index (Phi) is 10.2. The number of fused-ring (bicyclic) bond motifs is 7. The molecule has 12 aromatic rings. The quantitative estimate of drug-likeness (QED) is 0.155. The van der Waals surface area contributed by atoms with E-state index >= 15 is 0 Å². The van der Waals surface area contributed by atoms with E-state index in [1.54, 1.807) is 0 Å². The molecule has 69 heavy (non-hydrogen) atoms. The molecule has 0 amide bonds. The summed E-state index contributed by atoms with van der Waals surface area (Å²) in [7, 11) is 0. The van der Waals surface area contributed by atoms with E-state index in [4.69, 9.17) is 0 Å². The van der Waals surface area contributed by atoms with Crippen molar-refractivity contribution in [3.8, 4) is 39.1 Å². The topological polar surface area (TPSA) is 8.17 Å². The van der Waals surface area contributed by atoms with E-state index in [9.17, 15) is 0 Å². The lowest BCUT2D eigenvalue weighted by atomic mass is 9.78. The fourth-order valence-electron chi connectivity index (χ4n) is 10.6. The SMILES string of the molecule is CC(C)(C)c1cc(-c2cccc3cccc(-c4ccccc4N(c4ccccc4-c4ccc5c6ccccc6n(-c6ccccc6)c5c4)c4cccc5sc6ccccc6c45)c23)cc(C(C)(C)C)c1. The van der Waals surface area contributed by atoms with E-state index in [1.807, 2.05) is 11.3 Å². The van der Waals surface area contributed by atoms with Gasteiger partial charge in [-0.3, -0.25) is 0 Å². The molecule has 3 heteroatoms. The van der Waals surface area contributed by atoms with Gasteiger partial charge < -0.3 is 9.47 Å². The van der Waals surface area contributed by atoms with E-state index in [-0.39, 0.29) is 10.8 Å². The molecule has 0 aliphatic carbocycles. The van der Waals surface area contributed by atoms with Crippen LogP contribution in [-0.2, 0) is 10.8 Å². The van der Waals surface area contributed by atoms with Crippen LogP contribution in [0.2, 0.25) is 0 Å². The summed E-state index contributed by atoms with van der Waals surface area (Å²) in [6, 6.07) is 81.4. The van der Waals surface area contributed by atoms with Crippen molar-refractivity contribution in [1.29, 1.82) is 0 Å². The number of aromatic nitrogens is 1. The summed E-state index contributed by atoms with van der Waals surface area (Å²) in [4.78, 5) is 2.56. The van der Waals surface area contributed by atoms with Crippen LogP contribution in [0.4, 0.5) is 17.1 Å². The Balaban J connectivity index is 1.14. The second kappa shape index (κ2) is 16.5. The van der Waals surface area contributed by atoms with Gasteiger partial charge >= 0.3 is 0 Å². The van der Waals surface area contributed by atoms with Crippen molar-refractivity contribution >= 4 is 81.1 Å². The molecule has 0 radical (unpaired) electrons. The molecule has 0 spiro atoms. The minimum absolute atomic E-state index is 0.0145. The number of hydrogen-bond donors (Lipinski definition) is 0. The maximum Gasteiger partial charge on any atom is 0.0555 e. The molecule has 334 valence electrons. The third-order valence-corrected chi connectivity index (χ3v) is 15.2. The highest BCUT2D eigenvalue weighted by Crippen LogP contribution is 2.51. The number of thiophene rings is 1. The molecule has 0 saturated heterocycles. The van der Waals surface area contributed by atoms with Crippen molar-refractivity contribution in [3.63, 3.8) is 0 Å². The van der Waals surface area contributed by atoms with Crippen LogP contribution in [-0.4, -0.2) is 4.57 Å². The molecule has 0 fully saturated rings. The molecule has 0 saturated carbocycles. The van der Waals surface area contributed by atoms with Crippen LogP contribution >= 0.6 is 11.3 Å². The first-order valence-electron chi connectivity index (χ1n) is 24.2. The molecule has 0 aliphatic rings. The van der Waals surface area contributed by atoms with Gasteiger partial charge in [-0.2, -0.15) is 0 Å². The normalized spacial score (nSPS) is 12.2. The fourth-order valence-corrected chi connectivity index (χ4v) is 11.7. The van der Waals surface area contributed by atoms with Crippen LogP contribution < -0.4 is 4.90 Å². The second-order valence-corrected chi connectivity index (χ2v) is 21.6. The zero-order chi connectivity index (χ0) is 47.0. The van der Waals surface area contributed by atoms with Gasteiger partial charge in [0.2, 0.25) is 0 Å². The predicted molar refractivity (Wildman–Crippen MR) is 300 cm³/mol. The maximum absolute atomic E-state index is 2.56. The van der Waals surface area contributed by atoms with Gasteiger partial charge in [0, 0.05) is 47.8 Å². The number of hydrogen-bond acceptors (Lipinski definition) is 2. The van der Waals surface area contributed by atoms with Crippen molar-refractivity contribution in [2.24, 2.45) is 0 Å². The minimum Gasteiger partial charge on any atom is -0.309 e. The number of rotatable bonds is 7. The number of anilines is 3. The van der Waals surface area contributed by atoms with Crippen molar-refractivity contribution < 1.29 is 0 Å². The highest BCUT2D eigenvalue weighted by molar-refractivity contribution is 7.26. The molecule has 0 unspecified atom stereocenters. The Hall–Kier alpha value is -7.72. The molecule has 2 heterocycles. The Morgan fingerprint density at radius 2 is 0.913 bits per heavy atom. The average molecular weight is 907 g/mol. The minimum atomic E-state index is -0.0145. The van der Waals surface area contributed by atoms with Crippen molar-refractivity contribution in [2.45, 2.75) is 52.4 Å². The van der Waals surface area contributed by atoms with Gasteiger partial charge in [0.25, 0.3) is 0 Å². The molecule has 12 rings (SSSR count). The zero-order valence-corrected chi connectivity index (χ0v) is 40.9. The lowest BCUT2D eigenvalue weighted by Crippen LogP contribution is -2.16. The van der Waals surface area contributed by atoms with Gasteiger partial charge in [0.05, 0.1) is 28.1 Å². The Bertz CT molecular complexity index is 3890. The first kappa shape index (κ1) is 42.6. The molecular weight excluding hydrogens is 853 g/mol.